The maximum atomic E-state index is 12.5. The Morgan fingerprint density at radius 2 is 1.70 bits per heavy atom. The molecule has 1 aromatic carbocycles. The van der Waals surface area contributed by atoms with Crippen molar-refractivity contribution in [2.45, 2.75) is 32.6 Å². The largest absolute Gasteiger partial charge is 0.399 e. The van der Waals surface area contributed by atoms with Crippen molar-refractivity contribution in [2.24, 2.45) is 0 Å². The summed E-state index contributed by atoms with van der Waals surface area (Å²) in [7, 11) is -3.74. The third-order valence-corrected chi connectivity index (χ3v) is 4.62. The first-order valence-electron chi connectivity index (χ1n) is 6.05. The molecule has 0 aliphatic heterocycles. The van der Waals surface area contributed by atoms with Gasteiger partial charge in [-0.15, -0.1) is 0 Å². The molecule has 0 spiro atoms. The number of benzene rings is 1. The van der Waals surface area contributed by atoms with Crippen molar-refractivity contribution in [1.82, 2.24) is 5.16 Å². The van der Waals surface area contributed by atoms with Gasteiger partial charge in [0.1, 0.15) is 5.69 Å². The fourth-order valence-electron chi connectivity index (χ4n) is 2.20. The molecule has 1 aromatic heterocycles. The van der Waals surface area contributed by atoms with E-state index in [2.05, 4.69) is 9.88 Å². The Labute approximate surface area is 118 Å². The molecule has 0 bridgehead atoms. The van der Waals surface area contributed by atoms with Crippen LogP contribution in [0.1, 0.15) is 22.6 Å². The molecule has 0 aliphatic carbocycles. The molecule has 20 heavy (non-hydrogen) atoms. The first-order valence-corrected chi connectivity index (χ1v) is 7.53. The number of nitrogens with two attached hydrogens (primary N) is 1. The minimum Gasteiger partial charge on any atom is -0.399 e. The van der Waals surface area contributed by atoms with Crippen LogP contribution in [-0.4, -0.2) is 13.6 Å². The molecule has 6 nitrogen and oxygen atoms in total. The fourth-order valence-corrected chi connectivity index (χ4v) is 3.74. The number of rotatable bonds is 3. The number of aromatic nitrogens is 1. The van der Waals surface area contributed by atoms with E-state index in [1.54, 1.807) is 39.8 Å². The third kappa shape index (κ3) is 2.49. The smallest absolute Gasteiger partial charge is 0.267 e. The van der Waals surface area contributed by atoms with Gasteiger partial charge < -0.3 is 10.3 Å². The maximum Gasteiger partial charge on any atom is 0.267 e. The van der Waals surface area contributed by atoms with Crippen molar-refractivity contribution < 1.29 is 12.9 Å². The molecular formula is C13H17N3O3S. The van der Waals surface area contributed by atoms with Gasteiger partial charge in [-0.1, -0.05) is 5.16 Å². The van der Waals surface area contributed by atoms with Gasteiger partial charge in [-0.25, -0.2) is 8.42 Å². The first-order chi connectivity index (χ1) is 9.22. The van der Waals surface area contributed by atoms with E-state index in [1.165, 1.54) is 0 Å². The molecule has 108 valence electrons. The lowest BCUT2D eigenvalue weighted by Gasteiger charge is -2.13. The SMILES string of the molecule is Cc1cc(N)cc(C)c1NS(=O)(=O)c1c(C)noc1C. The second-order valence-electron chi connectivity index (χ2n) is 4.79. The molecule has 7 heteroatoms. The molecule has 0 saturated heterocycles. The topological polar surface area (TPSA) is 98.2 Å². The molecule has 0 amide bonds. The average Bonchev–Trinajstić information content (AvgIpc) is 2.64. The maximum absolute atomic E-state index is 12.5. The monoisotopic (exact) mass is 295 g/mol. The highest BCUT2D eigenvalue weighted by atomic mass is 32.2. The summed E-state index contributed by atoms with van der Waals surface area (Å²) >= 11 is 0. The minimum absolute atomic E-state index is 0.0770. The van der Waals surface area contributed by atoms with Crippen LogP contribution in [0, 0.1) is 27.7 Å². The lowest BCUT2D eigenvalue weighted by Crippen LogP contribution is -2.16. The minimum atomic E-state index is -3.74. The highest BCUT2D eigenvalue weighted by Gasteiger charge is 2.25. The van der Waals surface area contributed by atoms with Gasteiger partial charge in [0.05, 0.1) is 5.69 Å². The second-order valence-corrected chi connectivity index (χ2v) is 6.41. The van der Waals surface area contributed by atoms with Gasteiger partial charge >= 0.3 is 0 Å². The molecule has 0 saturated carbocycles. The predicted octanol–water partition coefficient (Wildman–Crippen LogP) is 2.29. The number of sulfonamides is 1. The summed E-state index contributed by atoms with van der Waals surface area (Å²) in [6.45, 7) is 6.76. The van der Waals surface area contributed by atoms with Gasteiger partial charge in [0.15, 0.2) is 10.7 Å². The quantitative estimate of drug-likeness (QED) is 0.846. The van der Waals surface area contributed by atoms with Crippen molar-refractivity contribution in [1.29, 1.82) is 0 Å². The molecule has 2 aromatic rings. The standard InChI is InChI=1S/C13H17N3O3S/c1-7-5-11(14)6-8(2)12(7)16-20(17,18)13-9(3)15-19-10(13)4/h5-6,16H,14H2,1-4H3. The summed E-state index contributed by atoms with van der Waals surface area (Å²) in [5.74, 6) is 0.265. The Hall–Kier alpha value is -2.02. The molecule has 3 N–H and O–H groups in total. The number of hydrogen-bond acceptors (Lipinski definition) is 5. The zero-order valence-corrected chi connectivity index (χ0v) is 12.6. The highest BCUT2D eigenvalue weighted by Crippen LogP contribution is 2.28. The van der Waals surface area contributed by atoms with E-state index < -0.39 is 10.0 Å². The molecule has 0 radical (unpaired) electrons. The Bertz CT molecular complexity index is 721. The van der Waals surface area contributed by atoms with Crippen molar-refractivity contribution in [2.75, 3.05) is 10.5 Å². The number of anilines is 2. The normalized spacial score (nSPS) is 11.6. The lowest BCUT2D eigenvalue weighted by atomic mass is 10.1. The molecule has 0 fully saturated rings. The first kappa shape index (κ1) is 14.4. The number of nitrogen functional groups attached to an aromatic ring is 1. The summed E-state index contributed by atoms with van der Waals surface area (Å²) in [4.78, 5) is 0.0770. The van der Waals surface area contributed by atoms with E-state index in [1.807, 2.05) is 0 Å². The van der Waals surface area contributed by atoms with Crippen LogP contribution in [0.5, 0.6) is 0 Å². The van der Waals surface area contributed by atoms with Crippen LogP contribution >= 0.6 is 0 Å². The molecular weight excluding hydrogens is 278 g/mol. The van der Waals surface area contributed by atoms with Gasteiger partial charge in [-0.05, 0) is 51.0 Å². The molecule has 0 unspecified atom stereocenters. The van der Waals surface area contributed by atoms with E-state index >= 15 is 0 Å². The summed E-state index contributed by atoms with van der Waals surface area (Å²) in [5, 5.41) is 3.67. The van der Waals surface area contributed by atoms with E-state index in [0.29, 0.717) is 17.1 Å². The summed E-state index contributed by atoms with van der Waals surface area (Å²) < 4.78 is 32.4. The van der Waals surface area contributed by atoms with Crippen LogP contribution in [0.25, 0.3) is 0 Å². The number of nitrogens with one attached hydrogen (secondary N) is 1. The van der Waals surface area contributed by atoms with Gasteiger partial charge in [-0.3, -0.25) is 4.72 Å². The van der Waals surface area contributed by atoms with Crippen molar-refractivity contribution in [3.8, 4) is 0 Å². The molecule has 1 heterocycles. The Balaban J connectivity index is 2.50. The Morgan fingerprint density at radius 1 is 1.15 bits per heavy atom. The molecule has 2 rings (SSSR count). The van der Waals surface area contributed by atoms with E-state index in [9.17, 15) is 8.42 Å². The highest BCUT2D eigenvalue weighted by molar-refractivity contribution is 7.92. The third-order valence-electron chi connectivity index (χ3n) is 3.03. The van der Waals surface area contributed by atoms with Crippen LogP contribution in [-0.2, 0) is 10.0 Å². The number of hydrogen-bond donors (Lipinski definition) is 2. The zero-order valence-electron chi connectivity index (χ0n) is 11.8. The van der Waals surface area contributed by atoms with Gasteiger partial charge in [0.2, 0.25) is 0 Å². The van der Waals surface area contributed by atoms with Crippen LogP contribution in [0.2, 0.25) is 0 Å². The van der Waals surface area contributed by atoms with E-state index in [4.69, 9.17) is 10.3 Å². The second kappa shape index (κ2) is 4.82. The van der Waals surface area contributed by atoms with E-state index in [0.717, 1.165) is 11.1 Å². The average molecular weight is 295 g/mol. The van der Waals surface area contributed by atoms with Gasteiger partial charge in [0, 0.05) is 5.69 Å². The summed E-state index contributed by atoms with van der Waals surface area (Å²) in [6, 6.07) is 3.44. The Kier molecular flexibility index (Phi) is 3.47. The van der Waals surface area contributed by atoms with Crippen molar-refractivity contribution in [3.63, 3.8) is 0 Å². The lowest BCUT2D eigenvalue weighted by molar-refractivity contribution is 0.390. The van der Waals surface area contributed by atoms with Gasteiger partial charge in [-0.2, -0.15) is 0 Å². The molecule has 0 aliphatic rings. The fraction of sp³-hybridized carbons (Fsp3) is 0.308. The summed E-state index contributed by atoms with van der Waals surface area (Å²) in [6.07, 6.45) is 0. The van der Waals surface area contributed by atoms with Crippen LogP contribution in [0.3, 0.4) is 0 Å². The van der Waals surface area contributed by atoms with Crippen molar-refractivity contribution >= 4 is 21.4 Å². The van der Waals surface area contributed by atoms with Crippen molar-refractivity contribution in [3.05, 3.63) is 34.7 Å². The number of nitrogens with zero attached hydrogens (tertiary/aromatic N) is 1. The summed E-state index contributed by atoms with van der Waals surface area (Å²) in [5.41, 5.74) is 8.72. The predicted molar refractivity (Wildman–Crippen MR) is 77.1 cm³/mol. The van der Waals surface area contributed by atoms with Gasteiger partial charge in [0.25, 0.3) is 10.0 Å². The zero-order chi connectivity index (χ0) is 15.1. The van der Waals surface area contributed by atoms with Crippen LogP contribution < -0.4 is 10.5 Å². The van der Waals surface area contributed by atoms with Crippen LogP contribution in [0.15, 0.2) is 21.6 Å². The van der Waals surface area contributed by atoms with Crippen LogP contribution in [0.4, 0.5) is 11.4 Å². The Morgan fingerprint density at radius 3 is 2.15 bits per heavy atom. The molecule has 0 atom stereocenters. The van der Waals surface area contributed by atoms with E-state index in [-0.39, 0.29) is 10.7 Å². The number of aryl methyl sites for hydroxylation is 4.